The van der Waals surface area contributed by atoms with Crippen LogP contribution in [0.25, 0.3) is 0 Å². The molecular formula is C6H9N3OS. The van der Waals surface area contributed by atoms with Crippen LogP contribution in [0.5, 0.6) is 0 Å². The van der Waals surface area contributed by atoms with Gasteiger partial charge in [-0.15, -0.1) is 10.2 Å². The Labute approximate surface area is 69.0 Å². The molecule has 4 nitrogen and oxygen atoms in total. The van der Waals surface area contributed by atoms with Gasteiger partial charge in [0, 0.05) is 6.54 Å². The van der Waals surface area contributed by atoms with Crippen LogP contribution < -0.4 is 0 Å². The fourth-order valence-corrected chi connectivity index (χ4v) is 1.40. The van der Waals surface area contributed by atoms with Crippen molar-refractivity contribution in [1.82, 2.24) is 14.8 Å². The highest BCUT2D eigenvalue weighted by Gasteiger charge is 2.06. The summed E-state index contributed by atoms with van der Waals surface area (Å²) in [5.41, 5.74) is 0. The minimum absolute atomic E-state index is 0.400. The Morgan fingerprint density at radius 2 is 2.36 bits per heavy atom. The standard InChI is InChI=1S/C6H9N3OS/c1-3-9-5(4-10)7-8-6(9)11-2/h4H,3H2,1-2H3. The fraction of sp³-hybridized carbons (Fsp3) is 0.500. The molecule has 0 aliphatic rings. The molecule has 60 valence electrons. The summed E-state index contributed by atoms with van der Waals surface area (Å²) in [7, 11) is 0. The summed E-state index contributed by atoms with van der Waals surface area (Å²) in [4.78, 5) is 10.4. The summed E-state index contributed by atoms with van der Waals surface area (Å²) < 4.78 is 1.78. The van der Waals surface area contributed by atoms with Crippen molar-refractivity contribution in [3.8, 4) is 0 Å². The summed E-state index contributed by atoms with van der Waals surface area (Å²) in [6, 6.07) is 0. The number of rotatable bonds is 3. The van der Waals surface area contributed by atoms with E-state index in [4.69, 9.17) is 0 Å². The summed E-state index contributed by atoms with van der Waals surface area (Å²) >= 11 is 1.49. The zero-order valence-electron chi connectivity index (χ0n) is 6.44. The molecule has 0 bridgehead atoms. The molecule has 0 fully saturated rings. The van der Waals surface area contributed by atoms with Crippen molar-refractivity contribution in [3.63, 3.8) is 0 Å². The zero-order valence-corrected chi connectivity index (χ0v) is 7.26. The normalized spacial score (nSPS) is 10.0. The second-order valence-corrected chi connectivity index (χ2v) is 2.68. The molecule has 0 amide bonds. The number of aromatic nitrogens is 3. The van der Waals surface area contributed by atoms with Crippen molar-refractivity contribution < 1.29 is 4.79 Å². The van der Waals surface area contributed by atoms with Gasteiger partial charge in [0.1, 0.15) is 0 Å². The topological polar surface area (TPSA) is 47.8 Å². The lowest BCUT2D eigenvalue weighted by Gasteiger charge is -1.99. The first-order chi connectivity index (χ1) is 5.33. The average Bonchev–Trinajstić information content (AvgIpc) is 2.45. The van der Waals surface area contributed by atoms with E-state index < -0.39 is 0 Å². The van der Waals surface area contributed by atoms with E-state index in [-0.39, 0.29) is 0 Å². The molecule has 0 unspecified atom stereocenters. The van der Waals surface area contributed by atoms with E-state index in [9.17, 15) is 4.79 Å². The number of hydrogen-bond acceptors (Lipinski definition) is 4. The maximum atomic E-state index is 10.4. The van der Waals surface area contributed by atoms with Crippen LogP contribution in [0, 0.1) is 0 Å². The molecule has 0 saturated heterocycles. The third-order valence-corrected chi connectivity index (χ3v) is 2.02. The number of aldehydes is 1. The van der Waals surface area contributed by atoms with Crippen LogP contribution in [0.15, 0.2) is 5.16 Å². The smallest absolute Gasteiger partial charge is 0.197 e. The lowest BCUT2D eigenvalue weighted by atomic mass is 10.6. The Kier molecular flexibility index (Phi) is 2.64. The molecule has 0 aromatic carbocycles. The van der Waals surface area contributed by atoms with Crippen LogP contribution in [0.4, 0.5) is 0 Å². The highest BCUT2D eigenvalue weighted by Crippen LogP contribution is 2.11. The van der Waals surface area contributed by atoms with Gasteiger partial charge in [-0.3, -0.25) is 4.79 Å². The third kappa shape index (κ3) is 1.42. The van der Waals surface area contributed by atoms with Crippen molar-refractivity contribution in [2.45, 2.75) is 18.6 Å². The van der Waals surface area contributed by atoms with Crippen LogP contribution in [0.1, 0.15) is 17.5 Å². The molecule has 0 aliphatic heterocycles. The van der Waals surface area contributed by atoms with Gasteiger partial charge in [-0.25, -0.2) is 0 Å². The quantitative estimate of drug-likeness (QED) is 0.499. The van der Waals surface area contributed by atoms with Crippen molar-refractivity contribution in [3.05, 3.63) is 5.82 Å². The molecule has 0 aliphatic carbocycles. The lowest BCUT2D eigenvalue weighted by molar-refractivity contribution is 0.111. The van der Waals surface area contributed by atoms with Gasteiger partial charge in [0.2, 0.25) is 0 Å². The van der Waals surface area contributed by atoms with E-state index in [1.807, 2.05) is 13.2 Å². The average molecular weight is 171 g/mol. The molecule has 1 rings (SSSR count). The van der Waals surface area contributed by atoms with Gasteiger partial charge in [0.05, 0.1) is 0 Å². The summed E-state index contributed by atoms with van der Waals surface area (Å²) in [6.07, 6.45) is 2.63. The Balaban J connectivity index is 3.08. The van der Waals surface area contributed by atoms with E-state index in [0.29, 0.717) is 5.82 Å². The molecule has 1 aromatic rings. The molecule has 11 heavy (non-hydrogen) atoms. The van der Waals surface area contributed by atoms with E-state index in [1.54, 1.807) is 4.57 Å². The first-order valence-electron chi connectivity index (χ1n) is 3.25. The largest absolute Gasteiger partial charge is 0.300 e. The van der Waals surface area contributed by atoms with Crippen molar-refractivity contribution in [2.24, 2.45) is 0 Å². The van der Waals surface area contributed by atoms with Crippen molar-refractivity contribution in [2.75, 3.05) is 6.26 Å². The maximum absolute atomic E-state index is 10.4. The molecule has 0 atom stereocenters. The Morgan fingerprint density at radius 1 is 1.64 bits per heavy atom. The predicted molar refractivity (Wildman–Crippen MR) is 42.9 cm³/mol. The van der Waals surface area contributed by atoms with Gasteiger partial charge in [-0.2, -0.15) is 0 Å². The zero-order chi connectivity index (χ0) is 8.27. The third-order valence-electron chi connectivity index (χ3n) is 1.35. The number of carbonyl (C=O) groups excluding carboxylic acids is 1. The maximum Gasteiger partial charge on any atom is 0.197 e. The van der Waals surface area contributed by atoms with Crippen LogP contribution in [-0.4, -0.2) is 27.3 Å². The van der Waals surface area contributed by atoms with Gasteiger partial charge >= 0.3 is 0 Å². The molecule has 0 radical (unpaired) electrons. The summed E-state index contributed by atoms with van der Waals surface area (Å²) in [5, 5.41) is 8.31. The Hall–Kier alpha value is -0.840. The fourth-order valence-electron chi connectivity index (χ4n) is 0.835. The van der Waals surface area contributed by atoms with E-state index >= 15 is 0 Å². The molecule has 1 aromatic heterocycles. The molecule has 0 saturated carbocycles. The van der Waals surface area contributed by atoms with E-state index in [2.05, 4.69) is 10.2 Å². The number of carbonyl (C=O) groups is 1. The predicted octanol–water partition coefficient (Wildman–Crippen LogP) is 0.832. The molecule has 1 heterocycles. The second kappa shape index (κ2) is 3.52. The molecule has 0 N–H and O–H groups in total. The monoisotopic (exact) mass is 171 g/mol. The SMILES string of the molecule is CCn1c(C=O)nnc1SC. The van der Waals surface area contributed by atoms with Crippen LogP contribution in [0.3, 0.4) is 0 Å². The van der Waals surface area contributed by atoms with Gasteiger partial charge < -0.3 is 4.57 Å². The molecule has 0 spiro atoms. The summed E-state index contributed by atoms with van der Waals surface area (Å²) in [6.45, 7) is 2.69. The van der Waals surface area contributed by atoms with E-state index in [0.717, 1.165) is 18.0 Å². The lowest BCUT2D eigenvalue weighted by Crippen LogP contribution is -2.01. The molecule has 5 heteroatoms. The first kappa shape index (κ1) is 8.26. The van der Waals surface area contributed by atoms with Gasteiger partial charge in [0.15, 0.2) is 17.3 Å². The van der Waals surface area contributed by atoms with Crippen LogP contribution >= 0.6 is 11.8 Å². The Bertz CT molecular complexity index is 258. The minimum atomic E-state index is 0.400. The number of thioether (sulfide) groups is 1. The van der Waals surface area contributed by atoms with E-state index in [1.165, 1.54) is 11.8 Å². The number of hydrogen-bond donors (Lipinski definition) is 0. The van der Waals surface area contributed by atoms with Gasteiger partial charge in [0.25, 0.3) is 0 Å². The Morgan fingerprint density at radius 3 is 2.82 bits per heavy atom. The van der Waals surface area contributed by atoms with Gasteiger partial charge in [-0.1, -0.05) is 11.8 Å². The van der Waals surface area contributed by atoms with Gasteiger partial charge in [-0.05, 0) is 13.2 Å². The molecular weight excluding hydrogens is 162 g/mol. The van der Waals surface area contributed by atoms with Crippen molar-refractivity contribution in [1.29, 1.82) is 0 Å². The van der Waals surface area contributed by atoms with Crippen molar-refractivity contribution >= 4 is 18.0 Å². The van der Waals surface area contributed by atoms with Crippen LogP contribution in [0.2, 0.25) is 0 Å². The highest BCUT2D eigenvalue weighted by atomic mass is 32.2. The first-order valence-corrected chi connectivity index (χ1v) is 4.48. The minimum Gasteiger partial charge on any atom is -0.300 e. The highest BCUT2D eigenvalue weighted by molar-refractivity contribution is 7.98. The second-order valence-electron chi connectivity index (χ2n) is 1.91. The summed E-state index contributed by atoms with van der Waals surface area (Å²) in [5.74, 6) is 0.400. The van der Waals surface area contributed by atoms with Crippen LogP contribution in [-0.2, 0) is 6.54 Å². The number of nitrogens with zero attached hydrogens (tertiary/aromatic N) is 3.